The molecule has 3 rings (SSSR count). The summed E-state index contributed by atoms with van der Waals surface area (Å²) < 4.78 is 39.1. The molecule has 0 spiro atoms. The number of rotatable bonds is 0. The highest BCUT2D eigenvalue weighted by Crippen LogP contribution is 2.65. The lowest BCUT2D eigenvalue weighted by Crippen LogP contribution is -2.41. The van der Waals surface area contributed by atoms with E-state index in [1.165, 1.54) is 0 Å². The van der Waals surface area contributed by atoms with Crippen LogP contribution in [-0.4, -0.2) is 45.1 Å². The monoisotopic (exact) mass is 462 g/mol. The second-order valence-corrected chi connectivity index (χ2v) is 16.9. The van der Waals surface area contributed by atoms with Gasteiger partial charge in [0.1, 0.15) is 7.34 Å². The van der Waals surface area contributed by atoms with Crippen molar-refractivity contribution in [2.75, 3.05) is 26.5 Å². The van der Waals surface area contributed by atoms with Crippen LogP contribution in [0, 0.1) is 33.5 Å². The number of fused-ring (bicyclic) bond motifs is 3. The molecule has 1 saturated heterocycles. The Bertz CT molecular complexity index is 778. The fourth-order valence-corrected chi connectivity index (χ4v) is 9.34. The van der Waals surface area contributed by atoms with Gasteiger partial charge in [0.2, 0.25) is 0 Å². The van der Waals surface area contributed by atoms with Gasteiger partial charge in [-0.2, -0.15) is 0 Å². The first-order chi connectivity index (χ1) is 13.4. The van der Waals surface area contributed by atoms with Gasteiger partial charge >= 0.3 is 7.60 Å². The zero-order chi connectivity index (χ0) is 23.0. The minimum absolute atomic E-state index is 0.0596. The molecule has 1 heterocycles. The summed E-state index contributed by atoms with van der Waals surface area (Å²) in [4.78, 5) is 0. The summed E-state index contributed by atoms with van der Waals surface area (Å²) in [5, 5.41) is 0. The lowest BCUT2D eigenvalue weighted by atomic mass is 9.69. The quantitative estimate of drug-likeness (QED) is 0.376. The molecule has 0 radical (unpaired) electrons. The molecule has 0 N–H and O–H groups in total. The molecule has 30 heavy (non-hydrogen) atoms. The zero-order valence-corrected chi connectivity index (χ0v) is 22.6. The van der Waals surface area contributed by atoms with E-state index in [9.17, 15) is 4.57 Å². The van der Waals surface area contributed by atoms with Gasteiger partial charge < -0.3 is 18.1 Å². The van der Waals surface area contributed by atoms with Crippen LogP contribution < -0.4 is 0 Å². The Hall–Kier alpha value is 0.370. The fourth-order valence-electron chi connectivity index (χ4n) is 6.27. The Morgan fingerprint density at radius 3 is 2.10 bits per heavy atom. The van der Waals surface area contributed by atoms with Crippen molar-refractivity contribution in [3.8, 4) is 0 Å². The highest BCUT2D eigenvalue weighted by molar-refractivity contribution is 7.63. The molecule has 2 saturated carbocycles. The second-order valence-electron chi connectivity index (χ2n) is 12.4. The first-order valence-electron chi connectivity index (χ1n) is 11.3. The van der Waals surface area contributed by atoms with Gasteiger partial charge in [-0.15, -0.1) is 0 Å². The second kappa shape index (κ2) is 7.44. The van der Waals surface area contributed by atoms with E-state index in [0.29, 0.717) is 19.1 Å². The SMILES string of the molecule is C=P1(C)OC[C@@]2(C)C[C@@H](C)[C@H](OP(C)(=O)OC[C@@]3(C)C[C@@H](C)C(C)(C)[C@@H]3O1)C2(C)C. The van der Waals surface area contributed by atoms with E-state index >= 15 is 0 Å². The molecular weight excluding hydrogens is 418 g/mol. The largest absolute Gasteiger partial charge is 0.337 e. The Labute approximate surface area is 184 Å². The smallest absolute Gasteiger partial charge is 0.327 e. The van der Waals surface area contributed by atoms with E-state index in [1.807, 2.05) is 6.66 Å². The maximum Gasteiger partial charge on any atom is 0.327 e. The molecule has 8 atom stereocenters. The predicted molar refractivity (Wildman–Crippen MR) is 126 cm³/mol. The van der Waals surface area contributed by atoms with E-state index in [-0.39, 0.29) is 39.8 Å². The summed E-state index contributed by atoms with van der Waals surface area (Å²) >= 11 is 0. The maximum absolute atomic E-state index is 13.5. The molecule has 0 aromatic rings. The summed E-state index contributed by atoms with van der Waals surface area (Å²) in [6, 6.07) is 0. The maximum atomic E-state index is 13.5. The Balaban J connectivity index is 2.03. The van der Waals surface area contributed by atoms with Crippen LogP contribution in [0.3, 0.4) is 0 Å². The highest BCUT2D eigenvalue weighted by Gasteiger charge is 2.59. The van der Waals surface area contributed by atoms with Gasteiger partial charge in [0.25, 0.3) is 0 Å². The van der Waals surface area contributed by atoms with Gasteiger partial charge in [-0.05, 0) is 40.9 Å². The Morgan fingerprint density at radius 2 is 1.50 bits per heavy atom. The third kappa shape index (κ3) is 4.17. The van der Waals surface area contributed by atoms with Gasteiger partial charge in [-0.25, -0.2) is 0 Å². The van der Waals surface area contributed by atoms with Gasteiger partial charge in [-0.1, -0.05) is 61.7 Å². The molecule has 5 nitrogen and oxygen atoms in total. The molecule has 0 aromatic carbocycles. The molecule has 3 fully saturated rings. The molecule has 1 aliphatic heterocycles. The van der Waals surface area contributed by atoms with Crippen molar-refractivity contribution in [2.24, 2.45) is 33.5 Å². The van der Waals surface area contributed by atoms with Crippen molar-refractivity contribution in [3.05, 3.63) is 0 Å². The van der Waals surface area contributed by atoms with E-state index in [4.69, 9.17) is 18.1 Å². The first-order valence-corrected chi connectivity index (χ1v) is 15.5. The van der Waals surface area contributed by atoms with E-state index in [1.54, 1.807) is 6.66 Å². The Morgan fingerprint density at radius 1 is 0.900 bits per heavy atom. The molecule has 7 heteroatoms. The fraction of sp³-hybridized carbons (Fsp3) is 0.957. The van der Waals surface area contributed by atoms with Crippen molar-refractivity contribution in [1.29, 1.82) is 0 Å². The van der Waals surface area contributed by atoms with Crippen molar-refractivity contribution in [3.63, 3.8) is 0 Å². The number of hydrogen-bond donors (Lipinski definition) is 0. The summed E-state index contributed by atoms with van der Waals surface area (Å²) in [6.45, 7) is 22.3. The molecule has 176 valence electrons. The van der Waals surface area contributed by atoms with Crippen LogP contribution in [0.5, 0.6) is 0 Å². The normalized spacial score (nSPS) is 53.9. The molecule has 2 bridgehead atoms. The predicted octanol–water partition coefficient (Wildman–Crippen LogP) is 6.68. The third-order valence-electron chi connectivity index (χ3n) is 8.83. The summed E-state index contributed by atoms with van der Waals surface area (Å²) in [5.74, 6) is 0.700. The summed E-state index contributed by atoms with van der Waals surface area (Å²) in [7, 11) is -5.55. The zero-order valence-electron chi connectivity index (χ0n) is 20.8. The van der Waals surface area contributed by atoms with Crippen LogP contribution in [0.25, 0.3) is 0 Å². The van der Waals surface area contributed by atoms with E-state index < -0.39 is 14.9 Å². The molecule has 0 amide bonds. The lowest BCUT2D eigenvalue weighted by molar-refractivity contribution is -0.0148. The first kappa shape index (κ1) is 25.0. The standard InChI is InChI=1S/C23H44O5P2/c1-16-12-23(8)15-25-29(9,10)28-19-20(3,4)17(2)13-22(19,7)14-26-30(11,24)27-18(16)21(23,5)6/h16-19H,9,12-15H2,1-8,10-11H3/t16-,17-,18+,19+,22-,23-,29?,30?/m1/s1. The van der Waals surface area contributed by atoms with Gasteiger partial charge in [0, 0.05) is 18.7 Å². The number of hydrogen-bond acceptors (Lipinski definition) is 5. The van der Waals surface area contributed by atoms with Gasteiger partial charge in [-0.3, -0.25) is 4.57 Å². The van der Waals surface area contributed by atoms with Crippen LogP contribution in [-0.2, 0) is 22.7 Å². The van der Waals surface area contributed by atoms with E-state index in [0.717, 1.165) is 12.8 Å². The average Bonchev–Trinajstić information content (AvgIpc) is 2.85. The lowest BCUT2D eigenvalue weighted by Gasteiger charge is -2.43. The molecular formula is C23H44O5P2. The van der Waals surface area contributed by atoms with Crippen LogP contribution in [0.15, 0.2) is 0 Å². The minimum atomic E-state index is -3.23. The van der Waals surface area contributed by atoms with Gasteiger partial charge in [0.15, 0.2) is 0 Å². The molecule has 2 unspecified atom stereocenters. The average molecular weight is 463 g/mol. The molecule has 0 aromatic heterocycles. The van der Waals surface area contributed by atoms with Crippen LogP contribution in [0.2, 0.25) is 0 Å². The van der Waals surface area contributed by atoms with Crippen molar-refractivity contribution < 1.29 is 22.7 Å². The summed E-state index contributed by atoms with van der Waals surface area (Å²) in [6.07, 6.45) is 6.05. The summed E-state index contributed by atoms with van der Waals surface area (Å²) in [5.41, 5.74) is -0.688. The highest BCUT2D eigenvalue weighted by atomic mass is 31.2. The van der Waals surface area contributed by atoms with Crippen molar-refractivity contribution >= 4 is 21.2 Å². The van der Waals surface area contributed by atoms with Crippen LogP contribution in [0.4, 0.5) is 0 Å². The van der Waals surface area contributed by atoms with Gasteiger partial charge in [0.05, 0.1) is 25.4 Å². The third-order valence-corrected chi connectivity index (χ3v) is 11.4. The Kier molecular flexibility index (Phi) is 6.20. The molecule has 3 aliphatic rings. The van der Waals surface area contributed by atoms with E-state index in [2.05, 4.69) is 61.7 Å². The van der Waals surface area contributed by atoms with Crippen molar-refractivity contribution in [1.82, 2.24) is 0 Å². The minimum Gasteiger partial charge on any atom is -0.337 e. The van der Waals surface area contributed by atoms with Crippen LogP contribution >= 0.6 is 14.9 Å². The molecule has 2 aliphatic carbocycles. The van der Waals surface area contributed by atoms with Crippen LogP contribution in [0.1, 0.15) is 68.2 Å². The van der Waals surface area contributed by atoms with Crippen molar-refractivity contribution in [2.45, 2.75) is 80.4 Å². The topological polar surface area (TPSA) is 54.0 Å².